The molecule has 1 fully saturated rings. The molecule has 0 amide bonds. The van der Waals surface area contributed by atoms with Gasteiger partial charge >= 0.3 is 0 Å². The van der Waals surface area contributed by atoms with Gasteiger partial charge in [0.05, 0.1) is 18.3 Å². The maximum absolute atomic E-state index is 10.1. The standard InChI is InChI=1S/C10H20O3/c1-8-3-2-4-10(13,5-8)6-9(12)7-11/h8-9,11-13H,2-7H2,1H3. The molecular weight excluding hydrogens is 168 g/mol. The van der Waals surface area contributed by atoms with E-state index < -0.39 is 11.7 Å². The SMILES string of the molecule is CC1CCCC(O)(CC(O)CO)C1. The van der Waals surface area contributed by atoms with E-state index in [9.17, 15) is 10.2 Å². The van der Waals surface area contributed by atoms with E-state index in [1.165, 1.54) is 0 Å². The van der Waals surface area contributed by atoms with Crippen LogP contribution in [0.5, 0.6) is 0 Å². The Balaban J connectivity index is 2.44. The first-order valence-corrected chi connectivity index (χ1v) is 5.07. The van der Waals surface area contributed by atoms with Crippen molar-refractivity contribution < 1.29 is 15.3 Å². The number of hydrogen-bond donors (Lipinski definition) is 3. The number of aliphatic hydroxyl groups excluding tert-OH is 2. The largest absolute Gasteiger partial charge is 0.394 e. The van der Waals surface area contributed by atoms with Crippen LogP contribution >= 0.6 is 0 Å². The van der Waals surface area contributed by atoms with E-state index in [0.29, 0.717) is 12.3 Å². The summed E-state index contributed by atoms with van der Waals surface area (Å²) in [7, 11) is 0. The molecule has 3 nitrogen and oxygen atoms in total. The lowest BCUT2D eigenvalue weighted by Crippen LogP contribution is -2.38. The Morgan fingerprint density at radius 1 is 1.54 bits per heavy atom. The molecule has 0 aliphatic heterocycles. The molecule has 1 saturated carbocycles. The zero-order valence-electron chi connectivity index (χ0n) is 8.24. The average molecular weight is 188 g/mol. The minimum atomic E-state index is -0.768. The maximum atomic E-state index is 10.1. The van der Waals surface area contributed by atoms with E-state index in [2.05, 4.69) is 6.92 Å². The Labute approximate surface area is 79.4 Å². The van der Waals surface area contributed by atoms with E-state index in [-0.39, 0.29) is 6.61 Å². The van der Waals surface area contributed by atoms with Gasteiger partial charge in [-0.05, 0) is 18.8 Å². The van der Waals surface area contributed by atoms with Gasteiger partial charge < -0.3 is 15.3 Å². The van der Waals surface area contributed by atoms with Crippen LogP contribution in [0.4, 0.5) is 0 Å². The molecule has 78 valence electrons. The van der Waals surface area contributed by atoms with Crippen molar-refractivity contribution in [3.8, 4) is 0 Å². The molecule has 0 bridgehead atoms. The van der Waals surface area contributed by atoms with Crippen LogP contribution in [0.25, 0.3) is 0 Å². The molecule has 0 aromatic heterocycles. The predicted octanol–water partition coefficient (Wildman–Crippen LogP) is 0.671. The molecule has 3 heteroatoms. The first kappa shape index (κ1) is 11.0. The second-order valence-corrected chi connectivity index (χ2v) is 4.47. The first-order chi connectivity index (χ1) is 6.06. The van der Waals surface area contributed by atoms with Crippen molar-refractivity contribution in [1.82, 2.24) is 0 Å². The van der Waals surface area contributed by atoms with Gasteiger partial charge in [0.25, 0.3) is 0 Å². The monoisotopic (exact) mass is 188 g/mol. The van der Waals surface area contributed by atoms with Gasteiger partial charge in [-0.1, -0.05) is 19.8 Å². The molecule has 0 radical (unpaired) electrons. The van der Waals surface area contributed by atoms with Gasteiger partial charge in [-0.25, -0.2) is 0 Å². The molecule has 3 atom stereocenters. The summed E-state index contributed by atoms with van der Waals surface area (Å²) in [5, 5.41) is 28.0. The van der Waals surface area contributed by atoms with Crippen LogP contribution in [0, 0.1) is 5.92 Å². The fourth-order valence-corrected chi connectivity index (χ4v) is 2.32. The minimum absolute atomic E-state index is 0.253. The van der Waals surface area contributed by atoms with Crippen LogP contribution in [-0.4, -0.2) is 33.6 Å². The van der Waals surface area contributed by atoms with Crippen molar-refractivity contribution in [1.29, 1.82) is 0 Å². The second-order valence-electron chi connectivity index (χ2n) is 4.47. The fraction of sp³-hybridized carbons (Fsp3) is 1.00. The molecule has 0 aromatic carbocycles. The van der Waals surface area contributed by atoms with Crippen molar-refractivity contribution in [3.05, 3.63) is 0 Å². The summed E-state index contributed by atoms with van der Waals surface area (Å²) in [4.78, 5) is 0. The summed E-state index contributed by atoms with van der Waals surface area (Å²) >= 11 is 0. The molecule has 13 heavy (non-hydrogen) atoms. The van der Waals surface area contributed by atoms with Crippen LogP contribution in [0.3, 0.4) is 0 Å². The van der Waals surface area contributed by atoms with Gasteiger partial charge in [0.15, 0.2) is 0 Å². The third-order valence-corrected chi connectivity index (χ3v) is 2.89. The van der Waals surface area contributed by atoms with Crippen molar-refractivity contribution in [3.63, 3.8) is 0 Å². The third-order valence-electron chi connectivity index (χ3n) is 2.89. The van der Waals surface area contributed by atoms with Crippen LogP contribution in [0.15, 0.2) is 0 Å². The lowest BCUT2D eigenvalue weighted by molar-refractivity contribution is -0.0596. The molecule has 0 saturated heterocycles. The lowest BCUT2D eigenvalue weighted by Gasteiger charge is -2.36. The molecule has 0 aromatic rings. The quantitative estimate of drug-likeness (QED) is 0.610. The first-order valence-electron chi connectivity index (χ1n) is 5.07. The van der Waals surface area contributed by atoms with E-state index in [1.54, 1.807) is 0 Å². The highest BCUT2D eigenvalue weighted by atomic mass is 16.3. The smallest absolute Gasteiger partial charge is 0.0798 e. The summed E-state index contributed by atoms with van der Waals surface area (Å²) in [6.45, 7) is 1.87. The topological polar surface area (TPSA) is 60.7 Å². The normalized spacial score (nSPS) is 37.4. The number of rotatable bonds is 3. The molecule has 0 spiro atoms. The Hall–Kier alpha value is -0.120. The summed E-state index contributed by atoms with van der Waals surface area (Å²) in [6.07, 6.45) is 3.25. The van der Waals surface area contributed by atoms with Gasteiger partial charge in [-0.3, -0.25) is 0 Å². The maximum Gasteiger partial charge on any atom is 0.0798 e. The van der Waals surface area contributed by atoms with Crippen LogP contribution in [0.2, 0.25) is 0 Å². The van der Waals surface area contributed by atoms with E-state index in [0.717, 1.165) is 25.7 Å². The Morgan fingerprint density at radius 2 is 2.23 bits per heavy atom. The molecule has 3 unspecified atom stereocenters. The molecular formula is C10H20O3. The van der Waals surface area contributed by atoms with Crippen molar-refractivity contribution in [2.75, 3.05) is 6.61 Å². The van der Waals surface area contributed by atoms with Crippen LogP contribution in [-0.2, 0) is 0 Å². The van der Waals surface area contributed by atoms with Crippen molar-refractivity contribution in [2.45, 2.75) is 50.7 Å². The third kappa shape index (κ3) is 3.25. The average Bonchev–Trinajstić information content (AvgIpc) is 2.02. The van der Waals surface area contributed by atoms with Crippen molar-refractivity contribution >= 4 is 0 Å². The lowest BCUT2D eigenvalue weighted by atomic mass is 9.76. The zero-order chi connectivity index (χ0) is 9.90. The summed E-state index contributed by atoms with van der Waals surface area (Å²) in [6, 6.07) is 0. The van der Waals surface area contributed by atoms with E-state index in [4.69, 9.17) is 5.11 Å². The Bertz CT molecular complexity index is 160. The summed E-state index contributed by atoms with van der Waals surface area (Å²) in [5.41, 5.74) is -0.736. The highest BCUT2D eigenvalue weighted by molar-refractivity contribution is 4.86. The second kappa shape index (κ2) is 4.40. The summed E-state index contributed by atoms with van der Waals surface area (Å²) < 4.78 is 0. The molecule has 1 aliphatic carbocycles. The minimum Gasteiger partial charge on any atom is -0.394 e. The van der Waals surface area contributed by atoms with Crippen molar-refractivity contribution in [2.24, 2.45) is 5.92 Å². The molecule has 1 aliphatic rings. The predicted molar refractivity (Wildman–Crippen MR) is 50.3 cm³/mol. The van der Waals surface area contributed by atoms with Gasteiger partial charge in [-0.2, -0.15) is 0 Å². The van der Waals surface area contributed by atoms with Gasteiger partial charge in [0, 0.05) is 6.42 Å². The molecule has 3 N–H and O–H groups in total. The van der Waals surface area contributed by atoms with E-state index in [1.807, 2.05) is 0 Å². The summed E-state index contributed by atoms with van der Waals surface area (Å²) in [5.74, 6) is 0.532. The van der Waals surface area contributed by atoms with E-state index >= 15 is 0 Å². The Morgan fingerprint density at radius 3 is 2.77 bits per heavy atom. The number of aliphatic hydroxyl groups is 3. The molecule has 1 rings (SSSR count). The number of hydrogen-bond acceptors (Lipinski definition) is 3. The molecule has 0 heterocycles. The zero-order valence-corrected chi connectivity index (χ0v) is 8.24. The Kier molecular flexibility index (Phi) is 3.71. The van der Waals surface area contributed by atoms with Gasteiger partial charge in [0.2, 0.25) is 0 Å². The van der Waals surface area contributed by atoms with Crippen LogP contribution in [0.1, 0.15) is 39.0 Å². The van der Waals surface area contributed by atoms with Gasteiger partial charge in [0.1, 0.15) is 0 Å². The fourth-order valence-electron chi connectivity index (χ4n) is 2.32. The van der Waals surface area contributed by atoms with Crippen LogP contribution < -0.4 is 0 Å². The van der Waals surface area contributed by atoms with Gasteiger partial charge in [-0.15, -0.1) is 0 Å². The highest BCUT2D eigenvalue weighted by Crippen LogP contribution is 2.35. The highest BCUT2D eigenvalue weighted by Gasteiger charge is 2.34.